The summed E-state index contributed by atoms with van der Waals surface area (Å²) in [6.07, 6.45) is 0.167. The fourth-order valence-electron chi connectivity index (χ4n) is 1.05. The molecular formula is C7H9NOS. The molecule has 1 saturated heterocycles. The molecule has 0 saturated carbocycles. The molecule has 1 aromatic heterocycles. The first-order valence-electron chi connectivity index (χ1n) is 3.35. The van der Waals surface area contributed by atoms with Crippen LogP contribution in [-0.2, 0) is 4.74 Å². The molecule has 1 unspecified atom stereocenters. The molecule has 1 atom stereocenters. The van der Waals surface area contributed by atoms with Crippen molar-refractivity contribution in [2.75, 3.05) is 13.2 Å². The predicted octanol–water partition coefficient (Wildman–Crippen LogP) is 1.37. The van der Waals surface area contributed by atoms with Crippen LogP contribution < -0.4 is 5.32 Å². The van der Waals surface area contributed by atoms with Gasteiger partial charge in [0.05, 0.1) is 6.61 Å². The lowest BCUT2D eigenvalue weighted by atomic mass is 10.4. The smallest absolute Gasteiger partial charge is 0.143 e. The maximum atomic E-state index is 5.40. The molecule has 0 amide bonds. The van der Waals surface area contributed by atoms with Crippen LogP contribution in [0.2, 0.25) is 0 Å². The Morgan fingerprint density at radius 1 is 1.70 bits per heavy atom. The summed E-state index contributed by atoms with van der Waals surface area (Å²) in [6.45, 7) is 1.81. The van der Waals surface area contributed by atoms with E-state index in [0.717, 1.165) is 13.2 Å². The van der Waals surface area contributed by atoms with Gasteiger partial charge in [-0.1, -0.05) is 6.07 Å². The Labute approximate surface area is 63.8 Å². The van der Waals surface area contributed by atoms with E-state index in [1.54, 1.807) is 11.3 Å². The molecule has 10 heavy (non-hydrogen) atoms. The second-order valence-corrected chi connectivity index (χ2v) is 3.20. The standard InChI is InChI=1S/C7H9NOS/c1-2-6(10-5-1)7-8-3-4-9-7/h1-2,5,7-8H,3-4H2. The van der Waals surface area contributed by atoms with Gasteiger partial charge >= 0.3 is 0 Å². The van der Waals surface area contributed by atoms with E-state index < -0.39 is 0 Å². The minimum absolute atomic E-state index is 0.167. The van der Waals surface area contributed by atoms with Crippen LogP contribution in [0, 0.1) is 0 Å². The van der Waals surface area contributed by atoms with E-state index in [-0.39, 0.29) is 6.23 Å². The zero-order valence-corrected chi connectivity index (χ0v) is 6.36. The number of thiophene rings is 1. The summed E-state index contributed by atoms with van der Waals surface area (Å²) in [5, 5.41) is 5.32. The average molecular weight is 155 g/mol. The lowest BCUT2D eigenvalue weighted by Crippen LogP contribution is -2.12. The van der Waals surface area contributed by atoms with E-state index in [2.05, 4.69) is 16.8 Å². The van der Waals surface area contributed by atoms with E-state index in [0.29, 0.717) is 0 Å². The molecular weight excluding hydrogens is 146 g/mol. The van der Waals surface area contributed by atoms with Crippen molar-refractivity contribution >= 4 is 11.3 Å². The summed E-state index contributed by atoms with van der Waals surface area (Å²) < 4.78 is 5.40. The predicted molar refractivity (Wildman–Crippen MR) is 41.0 cm³/mol. The van der Waals surface area contributed by atoms with Crippen molar-refractivity contribution in [3.8, 4) is 0 Å². The Morgan fingerprint density at radius 3 is 3.30 bits per heavy atom. The molecule has 0 bridgehead atoms. The third-order valence-electron chi connectivity index (χ3n) is 1.52. The molecule has 0 aliphatic carbocycles. The lowest BCUT2D eigenvalue weighted by molar-refractivity contribution is 0.105. The van der Waals surface area contributed by atoms with Crippen LogP contribution in [0.1, 0.15) is 11.1 Å². The van der Waals surface area contributed by atoms with Gasteiger partial charge in [-0.05, 0) is 11.4 Å². The third-order valence-corrected chi connectivity index (χ3v) is 2.43. The highest BCUT2D eigenvalue weighted by molar-refractivity contribution is 7.10. The first kappa shape index (κ1) is 6.34. The van der Waals surface area contributed by atoms with Crippen molar-refractivity contribution in [3.05, 3.63) is 22.4 Å². The molecule has 54 valence electrons. The number of nitrogens with one attached hydrogen (secondary N) is 1. The molecule has 1 fully saturated rings. The van der Waals surface area contributed by atoms with E-state index in [4.69, 9.17) is 4.74 Å². The lowest BCUT2D eigenvalue weighted by Gasteiger charge is -2.04. The fraction of sp³-hybridized carbons (Fsp3) is 0.429. The highest BCUT2D eigenvalue weighted by atomic mass is 32.1. The molecule has 1 aliphatic rings. The van der Waals surface area contributed by atoms with Crippen molar-refractivity contribution in [1.82, 2.24) is 5.32 Å². The zero-order chi connectivity index (χ0) is 6.81. The van der Waals surface area contributed by atoms with Crippen LogP contribution in [0.5, 0.6) is 0 Å². The van der Waals surface area contributed by atoms with Gasteiger partial charge in [0.1, 0.15) is 6.23 Å². The van der Waals surface area contributed by atoms with Gasteiger partial charge < -0.3 is 4.74 Å². The summed E-state index contributed by atoms with van der Waals surface area (Å²) in [5.74, 6) is 0. The normalized spacial score (nSPS) is 25.4. The summed E-state index contributed by atoms with van der Waals surface area (Å²) in [7, 11) is 0. The first-order chi connectivity index (χ1) is 4.97. The summed E-state index contributed by atoms with van der Waals surface area (Å²) in [6, 6.07) is 4.14. The van der Waals surface area contributed by atoms with Gasteiger partial charge in [-0.15, -0.1) is 11.3 Å². The molecule has 1 aromatic rings. The quantitative estimate of drug-likeness (QED) is 0.661. The molecule has 0 spiro atoms. The van der Waals surface area contributed by atoms with Crippen LogP contribution in [0.3, 0.4) is 0 Å². The maximum Gasteiger partial charge on any atom is 0.143 e. The Hall–Kier alpha value is -0.380. The van der Waals surface area contributed by atoms with Crippen molar-refractivity contribution in [3.63, 3.8) is 0 Å². The number of ether oxygens (including phenoxy) is 1. The fourth-order valence-corrected chi connectivity index (χ4v) is 1.80. The molecule has 3 heteroatoms. The Morgan fingerprint density at radius 2 is 2.70 bits per heavy atom. The Kier molecular flexibility index (Phi) is 1.71. The Balaban J connectivity index is 2.12. The molecule has 2 nitrogen and oxygen atoms in total. The van der Waals surface area contributed by atoms with E-state index in [1.807, 2.05) is 6.07 Å². The topological polar surface area (TPSA) is 21.3 Å². The van der Waals surface area contributed by atoms with Crippen LogP contribution >= 0.6 is 11.3 Å². The van der Waals surface area contributed by atoms with Crippen molar-refractivity contribution in [2.45, 2.75) is 6.23 Å². The highest BCUT2D eigenvalue weighted by Crippen LogP contribution is 2.21. The summed E-state index contributed by atoms with van der Waals surface area (Å²) in [5.41, 5.74) is 0. The van der Waals surface area contributed by atoms with Crippen LogP contribution in [0.15, 0.2) is 17.5 Å². The molecule has 1 N–H and O–H groups in total. The van der Waals surface area contributed by atoms with E-state index in [1.165, 1.54) is 4.88 Å². The second kappa shape index (κ2) is 2.70. The average Bonchev–Trinajstić information content (AvgIpc) is 2.59. The Bertz CT molecular complexity index is 191. The summed E-state index contributed by atoms with van der Waals surface area (Å²) >= 11 is 1.73. The van der Waals surface area contributed by atoms with Crippen molar-refractivity contribution in [1.29, 1.82) is 0 Å². The first-order valence-corrected chi connectivity index (χ1v) is 4.23. The van der Waals surface area contributed by atoms with Crippen LogP contribution in [0.4, 0.5) is 0 Å². The molecule has 0 aromatic carbocycles. The highest BCUT2D eigenvalue weighted by Gasteiger charge is 2.16. The number of hydrogen-bond acceptors (Lipinski definition) is 3. The van der Waals surface area contributed by atoms with E-state index in [9.17, 15) is 0 Å². The monoisotopic (exact) mass is 155 g/mol. The van der Waals surface area contributed by atoms with Gasteiger partial charge in [-0.3, -0.25) is 5.32 Å². The minimum atomic E-state index is 0.167. The SMILES string of the molecule is c1csc(C2NCCO2)c1. The zero-order valence-electron chi connectivity index (χ0n) is 5.54. The summed E-state index contributed by atoms with van der Waals surface area (Å²) in [4.78, 5) is 1.28. The van der Waals surface area contributed by atoms with Crippen molar-refractivity contribution < 1.29 is 4.74 Å². The van der Waals surface area contributed by atoms with Gasteiger partial charge in [0.15, 0.2) is 0 Å². The van der Waals surface area contributed by atoms with Gasteiger partial charge in [0, 0.05) is 11.4 Å². The number of hydrogen-bond donors (Lipinski definition) is 1. The minimum Gasteiger partial charge on any atom is -0.357 e. The van der Waals surface area contributed by atoms with Gasteiger partial charge in [0.2, 0.25) is 0 Å². The van der Waals surface area contributed by atoms with Gasteiger partial charge in [-0.2, -0.15) is 0 Å². The second-order valence-electron chi connectivity index (χ2n) is 2.22. The molecule has 2 rings (SSSR count). The van der Waals surface area contributed by atoms with Gasteiger partial charge in [-0.25, -0.2) is 0 Å². The molecule has 1 aliphatic heterocycles. The van der Waals surface area contributed by atoms with Crippen molar-refractivity contribution in [2.24, 2.45) is 0 Å². The van der Waals surface area contributed by atoms with E-state index >= 15 is 0 Å². The van der Waals surface area contributed by atoms with Gasteiger partial charge in [0.25, 0.3) is 0 Å². The third kappa shape index (κ3) is 1.08. The molecule has 0 radical (unpaired) electrons. The van der Waals surface area contributed by atoms with Crippen LogP contribution in [-0.4, -0.2) is 13.2 Å². The maximum absolute atomic E-state index is 5.40. The van der Waals surface area contributed by atoms with Crippen LogP contribution in [0.25, 0.3) is 0 Å². The number of rotatable bonds is 1. The largest absolute Gasteiger partial charge is 0.357 e. The molecule has 2 heterocycles.